The van der Waals surface area contributed by atoms with Crippen molar-refractivity contribution in [2.75, 3.05) is 32.6 Å². The Morgan fingerprint density at radius 2 is 1.63 bits per heavy atom. The lowest BCUT2D eigenvalue weighted by Crippen LogP contribution is -2.38. The van der Waals surface area contributed by atoms with Gasteiger partial charge in [-0.05, 0) is 60.7 Å². The van der Waals surface area contributed by atoms with Crippen LogP contribution in [0.2, 0.25) is 5.02 Å². The number of nitrogens with one attached hydrogen (secondary N) is 1. The van der Waals surface area contributed by atoms with Gasteiger partial charge in [-0.3, -0.25) is 19.5 Å². The van der Waals surface area contributed by atoms with E-state index >= 15 is 0 Å². The molecule has 0 saturated carbocycles. The molecule has 2 amide bonds. The summed E-state index contributed by atoms with van der Waals surface area (Å²) >= 11 is 6.22. The van der Waals surface area contributed by atoms with Gasteiger partial charge in [-0.15, -0.1) is 6.58 Å². The molecule has 0 fully saturated rings. The zero-order valence-electron chi connectivity index (χ0n) is 21.1. The van der Waals surface area contributed by atoms with Gasteiger partial charge in [-0.25, -0.2) is 4.98 Å². The first kappa shape index (κ1) is 26.5. The monoisotopic (exact) mass is 530 g/mol. The van der Waals surface area contributed by atoms with E-state index in [9.17, 15) is 9.59 Å². The molecule has 0 unspecified atom stereocenters. The molecule has 0 bridgehead atoms. The first-order valence-electron chi connectivity index (χ1n) is 11.8. The molecule has 1 aromatic heterocycles. The SMILES string of the molecule is C=CCN(CC(=O)Nc1nc(-c2ccc(OC)cc2)cn1-c1ccc(OC)cc1)C(=O)c1ccccc1Cl. The van der Waals surface area contributed by atoms with Crippen LogP contribution >= 0.6 is 11.6 Å². The molecule has 9 heteroatoms. The highest BCUT2D eigenvalue weighted by molar-refractivity contribution is 6.33. The van der Waals surface area contributed by atoms with E-state index < -0.39 is 5.91 Å². The van der Waals surface area contributed by atoms with Crippen LogP contribution in [0, 0.1) is 0 Å². The van der Waals surface area contributed by atoms with E-state index in [2.05, 4.69) is 16.9 Å². The van der Waals surface area contributed by atoms with Crippen LogP contribution in [0.15, 0.2) is 91.6 Å². The number of benzene rings is 3. The van der Waals surface area contributed by atoms with Crippen molar-refractivity contribution in [3.63, 3.8) is 0 Å². The number of nitrogens with zero attached hydrogens (tertiary/aromatic N) is 3. The molecule has 0 aliphatic carbocycles. The minimum atomic E-state index is -0.422. The lowest BCUT2D eigenvalue weighted by Gasteiger charge is -2.21. The minimum Gasteiger partial charge on any atom is -0.497 e. The van der Waals surface area contributed by atoms with Gasteiger partial charge in [0, 0.05) is 24.0 Å². The second kappa shape index (κ2) is 12.1. The fourth-order valence-electron chi connectivity index (χ4n) is 3.83. The molecule has 0 aliphatic heterocycles. The molecule has 4 aromatic rings. The Kier molecular flexibility index (Phi) is 8.45. The van der Waals surface area contributed by atoms with Crippen LogP contribution in [0.5, 0.6) is 11.5 Å². The Morgan fingerprint density at radius 1 is 1.00 bits per heavy atom. The van der Waals surface area contributed by atoms with E-state index in [1.165, 1.54) is 4.90 Å². The molecule has 0 aliphatic rings. The van der Waals surface area contributed by atoms with Crippen molar-refractivity contribution >= 4 is 29.4 Å². The summed E-state index contributed by atoms with van der Waals surface area (Å²) in [5.74, 6) is 0.932. The van der Waals surface area contributed by atoms with Gasteiger partial charge >= 0.3 is 0 Å². The average Bonchev–Trinajstić information content (AvgIpc) is 3.36. The number of halogens is 1. The zero-order chi connectivity index (χ0) is 27.1. The summed E-state index contributed by atoms with van der Waals surface area (Å²) in [4.78, 5) is 32.3. The number of carbonyl (C=O) groups excluding carboxylic acids is 2. The molecule has 38 heavy (non-hydrogen) atoms. The fourth-order valence-corrected chi connectivity index (χ4v) is 4.04. The van der Waals surface area contributed by atoms with Gasteiger partial charge in [0.15, 0.2) is 0 Å². The molecule has 0 radical (unpaired) electrons. The van der Waals surface area contributed by atoms with Gasteiger partial charge in [0.05, 0.1) is 30.5 Å². The summed E-state index contributed by atoms with van der Waals surface area (Å²) < 4.78 is 12.3. The van der Waals surface area contributed by atoms with Crippen LogP contribution in [-0.4, -0.2) is 53.6 Å². The molecular formula is C29H27ClN4O4. The van der Waals surface area contributed by atoms with E-state index in [-0.39, 0.29) is 19.0 Å². The number of imidazole rings is 1. The van der Waals surface area contributed by atoms with E-state index in [1.54, 1.807) is 49.1 Å². The quantitative estimate of drug-likeness (QED) is 0.274. The van der Waals surface area contributed by atoms with E-state index in [0.717, 1.165) is 17.0 Å². The summed E-state index contributed by atoms with van der Waals surface area (Å²) in [6.45, 7) is 3.66. The van der Waals surface area contributed by atoms with Crippen molar-refractivity contribution in [2.45, 2.75) is 0 Å². The summed E-state index contributed by atoms with van der Waals surface area (Å²) in [6, 6.07) is 21.5. The molecule has 0 spiro atoms. The van der Waals surface area contributed by atoms with E-state index in [4.69, 9.17) is 21.1 Å². The normalized spacial score (nSPS) is 10.5. The Morgan fingerprint density at radius 3 is 2.24 bits per heavy atom. The molecule has 1 heterocycles. The van der Waals surface area contributed by atoms with Crippen molar-refractivity contribution < 1.29 is 19.1 Å². The molecule has 0 saturated heterocycles. The van der Waals surface area contributed by atoms with Crippen molar-refractivity contribution in [1.82, 2.24) is 14.5 Å². The van der Waals surface area contributed by atoms with Gasteiger partial charge in [0.1, 0.15) is 18.0 Å². The summed E-state index contributed by atoms with van der Waals surface area (Å²) in [6.07, 6.45) is 3.39. The lowest BCUT2D eigenvalue weighted by molar-refractivity contribution is -0.116. The third kappa shape index (κ3) is 6.04. The maximum Gasteiger partial charge on any atom is 0.256 e. The second-order valence-electron chi connectivity index (χ2n) is 8.25. The Bertz CT molecular complexity index is 1430. The smallest absolute Gasteiger partial charge is 0.256 e. The van der Waals surface area contributed by atoms with Crippen molar-refractivity contribution in [3.05, 3.63) is 102 Å². The Hall–Kier alpha value is -4.56. The van der Waals surface area contributed by atoms with Gasteiger partial charge in [0.25, 0.3) is 5.91 Å². The summed E-state index contributed by atoms with van der Waals surface area (Å²) in [7, 11) is 3.20. The molecule has 194 valence electrons. The minimum absolute atomic E-state index is 0.168. The summed E-state index contributed by atoms with van der Waals surface area (Å²) in [5.41, 5.74) is 2.57. The number of hydrogen-bond acceptors (Lipinski definition) is 5. The predicted octanol–water partition coefficient (Wildman–Crippen LogP) is 5.48. The number of rotatable bonds is 10. The first-order chi connectivity index (χ1) is 18.4. The highest BCUT2D eigenvalue weighted by Crippen LogP contribution is 2.27. The van der Waals surface area contributed by atoms with Crippen LogP contribution in [-0.2, 0) is 4.79 Å². The standard InChI is InChI=1S/C29H27ClN4O4/c1-4-17-33(28(36)24-7-5-6-8-25(24)30)19-27(35)32-29-31-26(20-9-13-22(37-2)14-10-20)18-34(29)21-11-15-23(38-3)16-12-21/h4-16,18H,1,17,19H2,2-3H3,(H,31,32,35). The van der Waals surface area contributed by atoms with Crippen LogP contribution in [0.1, 0.15) is 10.4 Å². The largest absolute Gasteiger partial charge is 0.497 e. The number of carbonyl (C=O) groups is 2. The van der Waals surface area contributed by atoms with Gasteiger partial charge in [0.2, 0.25) is 11.9 Å². The number of aromatic nitrogens is 2. The number of methoxy groups -OCH3 is 2. The number of hydrogen-bond donors (Lipinski definition) is 1. The number of ether oxygens (including phenoxy) is 2. The van der Waals surface area contributed by atoms with Gasteiger partial charge in [-0.1, -0.05) is 29.8 Å². The Balaban J connectivity index is 1.63. The van der Waals surface area contributed by atoms with Gasteiger partial charge in [-0.2, -0.15) is 0 Å². The second-order valence-corrected chi connectivity index (χ2v) is 8.66. The van der Waals surface area contributed by atoms with Crippen LogP contribution in [0.4, 0.5) is 5.95 Å². The van der Waals surface area contributed by atoms with Crippen molar-refractivity contribution in [1.29, 1.82) is 0 Å². The molecule has 8 nitrogen and oxygen atoms in total. The third-order valence-corrected chi connectivity index (χ3v) is 6.10. The lowest BCUT2D eigenvalue weighted by atomic mass is 10.1. The first-order valence-corrected chi connectivity index (χ1v) is 12.1. The topological polar surface area (TPSA) is 85.7 Å². The van der Waals surface area contributed by atoms with E-state index in [1.807, 2.05) is 54.7 Å². The van der Waals surface area contributed by atoms with Crippen LogP contribution < -0.4 is 14.8 Å². The van der Waals surface area contributed by atoms with Gasteiger partial charge < -0.3 is 14.4 Å². The maximum atomic E-state index is 13.2. The number of amides is 2. The zero-order valence-corrected chi connectivity index (χ0v) is 21.8. The van der Waals surface area contributed by atoms with Crippen molar-refractivity contribution in [3.8, 4) is 28.4 Å². The Labute approximate surface area is 226 Å². The summed E-state index contributed by atoms with van der Waals surface area (Å²) in [5, 5.41) is 3.17. The van der Waals surface area contributed by atoms with Crippen molar-refractivity contribution in [2.24, 2.45) is 0 Å². The molecular weight excluding hydrogens is 504 g/mol. The van der Waals surface area contributed by atoms with Crippen LogP contribution in [0.3, 0.4) is 0 Å². The molecule has 4 rings (SSSR count). The van der Waals surface area contributed by atoms with E-state index in [0.29, 0.717) is 28.0 Å². The molecule has 0 atom stereocenters. The average molecular weight is 531 g/mol. The molecule has 3 aromatic carbocycles. The predicted molar refractivity (Wildman–Crippen MR) is 148 cm³/mol. The van der Waals surface area contributed by atoms with Crippen LogP contribution in [0.25, 0.3) is 16.9 Å². The highest BCUT2D eigenvalue weighted by Gasteiger charge is 2.21. The highest BCUT2D eigenvalue weighted by atomic mass is 35.5. The molecule has 1 N–H and O–H groups in total. The fraction of sp³-hybridized carbons (Fsp3) is 0.138. The third-order valence-electron chi connectivity index (χ3n) is 5.77. The maximum absolute atomic E-state index is 13.2. The number of anilines is 1.